The summed E-state index contributed by atoms with van der Waals surface area (Å²) in [6.07, 6.45) is 0. The van der Waals surface area contributed by atoms with Crippen molar-refractivity contribution >= 4 is 15.4 Å². The van der Waals surface area contributed by atoms with Crippen LogP contribution in [0.1, 0.15) is 22.3 Å². The van der Waals surface area contributed by atoms with Gasteiger partial charge in [-0.15, -0.1) is 0 Å². The summed E-state index contributed by atoms with van der Waals surface area (Å²) in [6, 6.07) is 13.3. The lowest BCUT2D eigenvalue weighted by Gasteiger charge is -2.13. The molecule has 0 aromatic heterocycles. The zero-order valence-corrected chi connectivity index (χ0v) is 13.5. The highest BCUT2D eigenvalue weighted by atomic mass is 32.2. The minimum absolute atomic E-state index is 0.0538. The summed E-state index contributed by atoms with van der Waals surface area (Å²) in [6.45, 7) is 9.60. The van der Waals surface area contributed by atoms with Crippen molar-refractivity contribution in [1.82, 2.24) is 0 Å². The second-order valence-corrected chi connectivity index (χ2v) is 7.38. The van der Waals surface area contributed by atoms with E-state index in [1.54, 1.807) is 0 Å². The molecule has 0 N–H and O–H groups in total. The summed E-state index contributed by atoms with van der Waals surface area (Å²) in [5.41, 5.74) is 4.16. The van der Waals surface area contributed by atoms with Crippen molar-refractivity contribution in [3.8, 4) is 0 Å². The van der Waals surface area contributed by atoms with Crippen molar-refractivity contribution in [1.29, 1.82) is 0 Å². The van der Waals surface area contributed by atoms with Crippen LogP contribution in [0.5, 0.6) is 0 Å². The molecule has 0 aliphatic rings. The van der Waals surface area contributed by atoms with Crippen LogP contribution in [0.25, 0.3) is 5.57 Å². The van der Waals surface area contributed by atoms with Gasteiger partial charge in [0.05, 0.1) is 10.6 Å². The molecule has 0 unspecified atom stereocenters. The van der Waals surface area contributed by atoms with E-state index in [9.17, 15) is 8.42 Å². The molecular weight excluding hydrogens is 280 g/mol. The summed E-state index contributed by atoms with van der Waals surface area (Å²) in [5, 5.41) is 0. The largest absolute Gasteiger partial charge is 0.223 e. The summed E-state index contributed by atoms with van der Waals surface area (Å²) in [7, 11) is -3.39. The second kappa shape index (κ2) is 5.86. The first-order valence-electron chi connectivity index (χ1n) is 6.85. The van der Waals surface area contributed by atoms with E-state index >= 15 is 0 Å². The minimum atomic E-state index is -3.39. The van der Waals surface area contributed by atoms with Gasteiger partial charge in [-0.1, -0.05) is 54.6 Å². The molecule has 0 amide bonds. The Balaban J connectivity index is 2.38. The topological polar surface area (TPSA) is 34.1 Å². The molecule has 0 heterocycles. The highest BCUT2D eigenvalue weighted by molar-refractivity contribution is 7.92. The molecule has 21 heavy (non-hydrogen) atoms. The number of sulfone groups is 1. The van der Waals surface area contributed by atoms with Gasteiger partial charge < -0.3 is 0 Å². The van der Waals surface area contributed by atoms with Crippen LogP contribution >= 0.6 is 0 Å². The maximum Gasteiger partial charge on any atom is 0.183 e. The number of benzene rings is 2. The molecule has 2 aromatic rings. The fourth-order valence-corrected chi connectivity index (χ4v) is 4.58. The maximum absolute atomic E-state index is 12.7. The highest BCUT2D eigenvalue weighted by Gasteiger charge is 2.21. The van der Waals surface area contributed by atoms with E-state index < -0.39 is 9.84 Å². The molecule has 3 heteroatoms. The lowest BCUT2D eigenvalue weighted by atomic mass is 10.1. The minimum Gasteiger partial charge on any atom is -0.223 e. The number of hydrogen-bond acceptors (Lipinski definition) is 2. The molecular formula is C18H20O2S. The third kappa shape index (κ3) is 3.42. The van der Waals surface area contributed by atoms with Crippen molar-refractivity contribution in [3.63, 3.8) is 0 Å². The molecule has 2 rings (SSSR count). The van der Waals surface area contributed by atoms with Gasteiger partial charge in [-0.3, -0.25) is 0 Å². The van der Waals surface area contributed by atoms with Gasteiger partial charge in [0.15, 0.2) is 9.84 Å². The molecule has 2 nitrogen and oxygen atoms in total. The predicted molar refractivity (Wildman–Crippen MR) is 88.2 cm³/mol. The van der Waals surface area contributed by atoms with Gasteiger partial charge in [0, 0.05) is 0 Å². The Kier molecular flexibility index (Phi) is 4.33. The second-order valence-electron chi connectivity index (χ2n) is 5.46. The molecule has 110 valence electrons. The number of hydrogen-bond donors (Lipinski definition) is 0. The van der Waals surface area contributed by atoms with Crippen LogP contribution < -0.4 is 0 Å². The van der Waals surface area contributed by atoms with Gasteiger partial charge in [0.2, 0.25) is 0 Å². The normalized spacial score (nSPS) is 11.4. The van der Waals surface area contributed by atoms with Crippen molar-refractivity contribution in [2.45, 2.75) is 25.7 Å². The van der Waals surface area contributed by atoms with E-state index in [0.29, 0.717) is 10.5 Å². The van der Waals surface area contributed by atoms with Crippen molar-refractivity contribution in [2.24, 2.45) is 0 Å². The molecule has 0 spiro atoms. The van der Waals surface area contributed by atoms with E-state index in [0.717, 1.165) is 22.3 Å². The van der Waals surface area contributed by atoms with E-state index in [1.165, 1.54) is 0 Å². The first-order chi connectivity index (χ1) is 9.81. The van der Waals surface area contributed by atoms with Gasteiger partial charge in [-0.05, 0) is 43.0 Å². The molecule has 2 aromatic carbocycles. The van der Waals surface area contributed by atoms with Crippen LogP contribution in [0.3, 0.4) is 0 Å². The lowest BCUT2D eigenvalue weighted by molar-refractivity contribution is 0.598. The quantitative estimate of drug-likeness (QED) is 0.852. The smallest absolute Gasteiger partial charge is 0.183 e. The van der Waals surface area contributed by atoms with Crippen LogP contribution in [0, 0.1) is 20.8 Å². The fourth-order valence-electron chi connectivity index (χ4n) is 2.72. The summed E-state index contributed by atoms with van der Waals surface area (Å²) < 4.78 is 25.4. The van der Waals surface area contributed by atoms with Crippen LogP contribution in [0.2, 0.25) is 0 Å². The molecule has 0 radical (unpaired) electrons. The van der Waals surface area contributed by atoms with Crippen molar-refractivity contribution in [3.05, 3.63) is 71.3 Å². The molecule has 0 aliphatic heterocycles. The lowest BCUT2D eigenvalue weighted by Crippen LogP contribution is -2.11. The Morgan fingerprint density at radius 3 is 2.05 bits per heavy atom. The van der Waals surface area contributed by atoms with Gasteiger partial charge >= 0.3 is 0 Å². The first-order valence-corrected chi connectivity index (χ1v) is 8.50. The highest BCUT2D eigenvalue weighted by Crippen LogP contribution is 2.26. The van der Waals surface area contributed by atoms with Crippen LogP contribution in [0.4, 0.5) is 0 Å². The van der Waals surface area contributed by atoms with Crippen LogP contribution in [0.15, 0.2) is 53.9 Å². The summed E-state index contributed by atoms with van der Waals surface area (Å²) in [4.78, 5) is 0.435. The molecule has 0 saturated carbocycles. The van der Waals surface area contributed by atoms with E-state index in [-0.39, 0.29) is 5.75 Å². The van der Waals surface area contributed by atoms with Crippen molar-refractivity contribution in [2.75, 3.05) is 5.75 Å². The van der Waals surface area contributed by atoms with E-state index in [2.05, 4.69) is 6.58 Å². The average Bonchev–Trinajstić information content (AvgIpc) is 2.37. The van der Waals surface area contributed by atoms with Crippen LogP contribution in [-0.2, 0) is 9.84 Å². The maximum atomic E-state index is 12.7. The van der Waals surface area contributed by atoms with Crippen molar-refractivity contribution < 1.29 is 8.42 Å². The standard InChI is InChI=1S/C18H20O2S/c1-13-10-14(2)18(15(3)11-13)21(19,20)12-16(4)17-8-6-5-7-9-17/h5-11H,4,12H2,1-3H3. The van der Waals surface area contributed by atoms with Gasteiger partial charge in [-0.25, -0.2) is 8.42 Å². The van der Waals surface area contributed by atoms with Crippen LogP contribution in [-0.4, -0.2) is 14.2 Å². The summed E-state index contributed by atoms with van der Waals surface area (Å²) >= 11 is 0. The molecule has 0 bridgehead atoms. The summed E-state index contributed by atoms with van der Waals surface area (Å²) in [5.74, 6) is -0.0538. The molecule has 0 fully saturated rings. The molecule has 0 atom stereocenters. The van der Waals surface area contributed by atoms with Gasteiger partial charge in [0.25, 0.3) is 0 Å². The molecule has 0 aliphatic carbocycles. The Labute approximate surface area is 127 Å². The van der Waals surface area contributed by atoms with Gasteiger partial charge in [0.1, 0.15) is 0 Å². The van der Waals surface area contributed by atoms with Gasteiger partial charge in [-0.2, -0.15) is 0 Å². The Morgan fingerprint density at radius 2 is 1.52 bits per heavy atom. The fraction of sp³-hybridized carbons (Fsp3) is 0.222. The van der Waals surface area contributed by atoms with E-state index in [1.807, 2.05) is 63.2 Å². The zero-order chi connectivity index (χ0) is 15.6. The Bertz CT molecular complexity index is 749. The third-order valence-corrected chi connectivity index (χ3v) is 5.46. The Hall–Kier alpha value is -1.87. The molecule has 0 saturated heterocycles. The number of aryl methyl sites for hydroxylation is 3. The zero-order valence-electron chi connectivity index (χ0n) is 12.7. The first kappa shape index (κ1) is 15.5. The SMILES string of the molecule is C=C(CS(=O)(=O)c1c(C)cc(C)cc1C)c1ccccc1. The predicted octanol–water partition coefficient (Wildman–Crippen LogP) is 4.10. The monoisotopic (exact) mass is 300 g/mol. The average molecular weight is 300 g/mol. The van der Waals surface area contributed by atoms with E-state index in [4.69, 9.17) is 0 Å². The third-order valence-electron chi connectivity index (χ3n) is 3.46. The number of rotatable bonds is 4. The Morgan fingerprint density at radius 1 is 1.00 bits per heavy atom.